The summed E-state index contributed by atoms with van der Waals surface area (Å²) in [5, 5.41) is 8.26. The van der Waals surface area contributed by atoms with Gasteiger partial charge in [0.05, 0.1) is 6.10 Å². The number of rotatable bonds is 8. The molecule has 1 fully saturated rings. The number of nitrogens with one attached hydrogen (secondary N) is 3. The SMILES string of the molecule is CC(NC(=O)NCc1ccc(OC2CCCC2)cc1)C(=O)NCc1ccccc1. The molecular weight excluding hydrogens is 366 g/mol. The molecule has 3 N–H and O–H groups in total. The van der Waals surface area contributed by atoms with Crippen LogP contribution < -0.4 is 20.7 Å². The number of carbonyl (C=O) groups is 2. The third-order valence-electron chi connectivity index (χ3n) is 5.03. The summed E-state index contributed by atoms with van der Waals surface area (Å²) >= 11 is 0. The smallest absolute Gasteiger partial charge is 0.315 e. The molecule has 3 rings (SSSR count). The zero-order valence-electron chi connectivity index (χ0n) is 16.8. The molecule has 1 unspecified atom stereocenters. The maximum atomic E-state index is 12.1. The Morgan fingerprint density at radius 2 is 1.55 bits per heavy atom. The predicted octanol–water partition coefficient (Wildman–Crippen LogP) is 3.51. The minimum absolute atomic E-state index is 0.225. The first-order chi connectivity index (χ1) is 14.1. The van der Waals surface area contributed by atoms with Gasteiger partial charge in [-0.15, -0.1) is 0 Å². The standard InChI is InChI=1S/C23H29N3O3/c1-17(22(27)24-15-18-7-3-2-4-8-18)26-23(28)25-16-19-11-13-21(14-12-19)29-20-9-5-6-10-20/h2-4,7-8,11-14,17,20H,5-6,9-10,15-16H2,1H3,(H,24,27)(H2,25,26,28). The highest BCUT2D eigenvalue weighted by Gasteiger charge is 2.17. The van der Waals surface area contributed by atoms with E-state index in [9.17, 15) is 9.59 Å². The van der Waals surface area contributed by atoms with Crippen molar-refractivity contribution in [3.05, 3.63) is 65.7 Å². The Kier molecular flexibility index (Phi) is 7.50. The molecule has 1 aliphatic rings. The average Bonchev–Trinajstić information content (AvgIpc) is 3.25. The minimum Gasteiger partial charge on any atom is -0.490 e. The van der Waals surface area contributed by atoms with Crippen LogP contribution >= 0.6 is 0 Å². The van der Waals surface area contributed by atoms with Crippen LogP contribution in [0, 0.1) is 0 Å². The molecule has 0 saturated heterocycles. The lowest BCUT2D eigenvalue weighted by atomic mass is 10.2. The molecule has 6 nitrogen and oxygen atoms in total. The molecule has 1 aliphatic carbocycles. The van der Waals surface area contributed by atoms with Gasteiger partial charge in [-0.2, -0.15) is 0 Å². The van der Waals surface area contributed by atoms with Crippen LogP contribution in [-0.4, -0.2) is 24.1 Å². The monoisotopic (exact) mass is 395 g/mol. The van der Waals surface area contributed by atoms with E-state index in [4.69, 9.17) is 4.74 Å². The van der Waals surface area contributed by atoms with Crippen molar-refractivity contribution in [2.75, 3.05) is 0 Å². The fraction of sp³-hybridized carbons (Fsp3) is 0.391. The average molecular weight is 396 g/mol. The van der Waals surface area contributed by atoms with Crippen LogP contribution in [0.25, 0.3) is 0 Å². The van der Waals surface area contributed by atoms with Crippen molar-refractivity contribution in [1.29, 1.82) is 0 Å². The van der Waals surface area contributed by atoms with Crippen molar-refractivity contribution in [2.45, 2.75) is 57.8 Å². The van der Waals surface area contributed by atoms with Gasteiger partial charge in [-0.3, -0.25) is 4.79 Å². The molecule has 0 heterocycles. The molecular formula is C23H29N3O3. The van der Waals surface area contributed by atoms with E-state index in [-0.39, 0.29) is 11.9 Å². The topological polar surface area (TPSA) is 79.5 Å². The molecule has 0 aromatic heterocycles. The van der Waals surface area contributed by atoms with Gasteiger partial charge in [0, 0.05) is 13.1 Å². The second kappa shape index (κ2) is 10.5. The van der Waals surface area contributed by atoms with E-state index in [2.05, 4.69) is 16.0 Å². The lowest BCUT2D eigenvalue weighted by Gasteiger charge is -2.15. The van der Waals surface area contributed by atoms with Crippen molar-refractivity contribution in [1.82, 2.24) is 16.0 Å². The Labute approximate surface area is 172 Å². The third-order valence-corrected chi connectivity index (χ3v) is 5.03. The first-order valence-electron chi connectivity index (χ1n) is 10.2. The van der Waals surface area contributed by atoms with E-state index in [1.165, 1.54) is 12.8 Å². The summed E-state index contributed by atoms with van der Waals surface area (Å²) in [6.45, 7) is 2.48. The zero-order chi connectivity index (χ0) is 20.5. The van der Waals surface area contributed by atoms with Crippen LogP contribution in [0.2, 0.25) is 0 Å². The number of hydrogen-bond acceptors (Lipinski definition) is 3. The van der Waals surface area contributed by atoms with Gasteiger partial charge in [0.1, 0.15) is 11.8 Å². The van der Waals surface area contributed by atoms with Gasteiger partial charge in [-0.25, -0.2) is 4.79 Å². The number of hydrogen-bond donors (Lipinski definition) is 3. The first-order valence-corrected chi connectivity index (χ1v) is 10.2. The normalized spacial score (nSPS) is 14.8. The van der Waals surface area contributed by atoms with E-state index in [1.807, 2.05) is 54.6 Å². The largest absolute Gasteiger partial charge is 0.490 e. The maximum absolute atomic E-state index is 12.1. The van der Waals surface area contributed by atoms with Crippen LogP contribution in [0.1, 0.15) is 43.7 Å². The zero-order valence-corrected chi connectivity index (χ0v) is 16.8. The molecule has 0 aliphatic heterocycles. The van der Waals surface area contributed by atoms with Gasteiger partial charge < -0.3 is 20.7 Å². The predicted molar refractivity (Wildman–Crippen MR) is 112 cm³/mol. The van der Waals surface area contributed by atoms with Gasteiger partial charge in [0.25, 0.3) is 0 Å². The van der Waals surface area contributed by atoms with Crippen LogP contribution in [-0.2, 0) is 17.9 Å². The molecule has 6 heteroatoms. The summed E-state index contributed by atoms with van der Waals surface area (Å²) in [6.07, 6.45) is 5.06. The van der Waals surface area contributed by atoms with Gasteiger partial charge in [0.15, 0.2) is 0 Å². The molecule has 2 aromatic rings. The Balaban J connectivity index is 1.36. The molecule has 0 bridgehead atoms. The van der Waals surface area contributed by atoms with Crippen LogP contribution in [0.15, 0.2) is 54.6 Å². The Bertz CT molecular complexity index is 787. The van der Waals surface area contributed by atoms with Crippen molar-refractivity contribution in [2.24, 2.45) is 0 Å². The summed E-state index contributed by atoms with van der Waals surface area (Å²) < 4.78 is 5.95. The second-order valence-corrected chi connectivity index (χ2v) is 7.42. The van der Waals surface area contributed by atoms with E-state index in [0.29, 0.717) is 19.2 Å². The van der Waals surface area contributed by atoms with Crippen molar-refractivity contribution in [3.8, 4) is 5.75 Å². The van der Waals surface area contributed by atoms with Gasteiger partial charge in [0.2, 0.25) is 5.91 Å². The van der Waals surface area contributed by atoms with Gasteiger partial charge >= 0.3 is 6.03 Å². The summed E-state index contributed by atoms with van der Waals surface area (Å²) in [7, 11) is 0. The summed E-state index contributed by atoms with van der Waals surface area (Å²) in [5.74, 6) is 0.645. The Morgan fingerprint density at radius 3 is 2.24 bits per heavy atom. The number of amides is 3. The van der Waals surface area contributed by atoms with Gasteiger partial charge in [-0.1, -0.05) is 42.5 Å². The lowest BCUT2D eigenvalue weighted by Crippen LogP contribution is -2.48. The fourth-order valence-electron chi connectivity index (χ4n) is 3.32. The van der Waals surface area contributed by atoms with Crippen LogP contribution in [0.5, 0.6) is 5.75 Å². The van der Waals surface area contributed by atoms with Crippen molar-refractivity contribution in [3.63, 3.8) is 0 Å². The second-order valence-electron chi connectivity index (χ2n) is 7.42. The first kappa shape index (κ1) is 20.7. The van der Waals surface area contributed by atoms with Crippen LogP contribution in [0.4, 0.5) is 4.79 Å². The summed E-state index contributed by atoms with van der Waals surface area (Å²) in [5.41, 5.74) is 1.98. The van der Waals surface area contributed by atoms with Crippen molar-refractivity contribution >= 4 is 11.9 Å². The molecule has 1 atom stereocenters. The molecule has 1 saturated carbocycles. The highest BCUT2D eigenvalue weighted by molar-refractivity contribution is 5.86. The van der Waals surface area contributed by atoms with Gasteiger partial charge in [-0.05, 0) is 55.9 Å². The fourth-order valence-corrected chi connectivity index (χ4v) is 3.32. The number of carbonyl (C=O) groups excluding carboxylic acids is 2. The molecule has 2 aromatic carbocycles. The maximum Gasteiger partial charge on any atom is 0.315 e. The molecule has 0 spiro atoms. The number of ether oxygens (including phenoxy) is 1. The molecule has 29 heavy (non-hydrogen) atoms. The quantitative estimate of drug-likeness (QED) is 0.640. The van der Waals surface area contributed by atoms with E-state index in [1.54, 1.807) is 6.92 Å². The summed E-state index contributed by atoms with van der Waals surface area (Å²) in [6, 6.07) is 16.4. The Hall–Kier alpha value is -3.02. The Morgan fingerprint density at radius 1 is 0.931 bits per heavy atom. The molecule has 154 valence electrons. The molecule has 0 radical (unpaired) electrons. The lowest BCUT2D eigenvalue weighted by molar-refractivity contribution is -0.122. The minimum atomic E-state index is -0.624. The van der Waals surface area contributed by atoms with E-state index >= 15 is 0 Å². The van der Waals surface area contributed by atoms with E-state index in [0.717, 1.165) is 29.7 Å². The summed E-state index contributed by atoms with van der Waals surface area (Å²) in [4.78, 5) is 24.2. The van der Waals surface area contributed by atoms with Crippen molar-refractivity contribution < 1.29 is 14.3 Å². The molecule has 3 amide bonds. The third kappa shape index (κ3) is 6.82. The number of urea groups is 1. The highest BCUT2D eigenvalue weighted by Crippen LogP contribution is 2.24. The number of benzene rings is 2. The highest BCUT2D eigenvalue weighted by atomic mass is 16.5. The van der Waals surface area contributed by atoms with Crippen LogP contribution in [0.3, 0.4) is 0 Å². The van der Waals surface area contributed by atoms with E-state index < -0.39 is 6.04 Å².